The molecule has 0 atom stereocenters. The van der Waals surface area contributed by atoms with Crippen molar-refractivity contribution in [2.45, 2.75) is 46.5 Å². The molecule has 102 valence electrons. The van der Waals surface area contributed by atoms with E-state index in [4.69, 9.17) is 0 Å². The molecule has 0 radical (unpaired) electrons. The Hall–Kier alpha value is -1.77. The molecule has 0 aliphatic rings. The average Bonchev–Trinajstić information content (AvgIpc) is 2.68. The van der Waals surface area contributed by atoms with Crippen molar-refractivity contribution in [2.75, 3.05) is 0 Å². The van der Waals surface area contributed by atoms with Gasteiger partial charge in [0.05, 0.1) is 11.4 Å². The summed E-state index contributed by atoms with van der Waals surface area (Å²) in [6.45, 7) is 8.37. The van der Waals surface area contributed by atoms with Crippen LogP contribution in [-0.2, 0) is 6.42 Å². The summed E-state index contributed by atoms with van der Waals surface area (Å²) in [6.07, 6.45) is 1.93. The van der Waals surface area contributed by atoms with E-state index in [1.165, 1.54) is 5.56 Å². The van der Waals surface area contributed by atoms with Crippen LogP contribution < -0.4 is 0 Å². The van der Waals surface area contributed by atoms with E-state index in [1.54, 1.807) is 4.68 Å². The molecule has 1 N–H and O–H groups in total. The van der Waals surface area contributed by atoms with Crippen molar-refractivity contribution in [3.8, 4) is 11.6 Å². The van der Waals surface area contributed by atoms with Crippen LogP contribution in [-0.4, -0.2) is 14.9 Å². The Bertz CT molecular complexity index is 553. The first-order valence-corrected chi connectivity index (χ1v) is 6.92. The minimum Gasteiger partial charge on any atom is -0.493 e. The Balaban J connectivity index is 2.52. The van der Waals surface area contributed by atoms with E-state index < -0.39 is 0 Å². The largest absolute Gasteiger partial charge is 0.493 e. The van der Waals surface area contributed by atoms with Crippen molar-refractivity contribution >= 4 is 0 Å². The maximum Gasteiger partial charge on any atom is 0.217 e. The third-order valence-corrected chi connectivity index (χ3v) is 3.32. The van der Waals surface area contributed by atoms with Crippen molar-refractivity contribution in [1.29, 1.82) is 0 Å². The van der Waals surface area contributed by atoms with E-state index in [0.29, 0.717) is 0 Å². The summed E-state index contributed by atoms with van der Waals surface area (Å²) in [6, 6.07) is 8.04. The van der Waals surface area contributed by atoms with E-state index in [1.807, 2.05) is 24.3 Å². The summed E-state index contributed by atoms with van der Waals surface area (Å²) >= 11 is 0. The number of benzene rings is 1. The van der Waals surface area contributed by atoms with E-state index >= 15 is 0 Å². The fourth-order valence-corrected chi connectivity index (χ4v) is 2.34. The molecule has 0 amide bonds. The number of aryl methyl sites for hydroxylation is 2. The molecule has 0 spiro atoms. The first-order valence-electron chi connectivity index (χ1n) is 6.92. The Morgan fingerprint density at radius 1 is 1.21 bits per heavy atom. The van der Waals surface area contributed by atoms with E-state index in [0.717, 1.165) is 29.8 Å². The highest BCUT2D eigenvalue weighted by Gasteiger charge is 2.19. The molecule has 0 fully saturated rings. The molecule has 1 heterocycles. The van der Waals surface area contributed by atoms with Crippen LogP contribution in [0.15, 0.2) is 24.3 Å². The summed E-state index contributed by atoms with van der Waals surface area (Å²) < 4.78 is 1.65. The molecule has 3 heteroatoms. The second-order valence-corrected chi connectivity index (χ2v) is 5.34. The van der Waals surface area contributed by atoms with Gasteiger partial charge in [-0.05, 0) is 31.4 Å². The van der Waals surface area contributed by atoms with Crippen LogP contribution in [0.4, 0.5) is 0 Å². The predicted molar refractivity (Wildman–Crippen MR) is 78.0 cm³/mol. The molecule has 2 aromatic rings. The van der Waals surface area contributed by atoms with Crippen LogP contribution in [0, 0.1) is 6.92 Å². The van der Waals surface area contributed by atoms with Crippen molar-refractivity contribution < 1.29 is 5.11 Å². The lowest BCUT2D eigenvalue weighted by Gasteiger charge is -2.06. The van der Waals surface area contributed by atoms with Gasteiger partial charge in [-0.25, -0.2) is 4.68 Å². The molecule has 3 nitrogen and oxygen atoms in total. The lowest BCUT2D eigenvalue weighted by Crippen LogP contribution is -1.96. The van der Waals surface area contributed by atoms with Crippen molar-refractivity contribution in [2.24, 2.45) is 0 Å². The Kier molecular flexibility index (Phi) is 3.93. The zero-order valence-electron chi connectivity index (χ0n) is 12.1. The van der Waals surface area contributed by atoms with Gasteiger partial charge in [-0.2, -0.15) is 5.10 Å². The molecule has 19 heavy (non-hydrogen) atoms. The van der Waals surface area contributed by atoms with Crippen LogP contribution in [0.3, 0.4) is 0 Å². The number of aromatic hydroxyl groups is 1. The summed E-state index contributed by atoms with van der Waals surface area (Å²) in [4.78, 5) is 0. The SMILES string of the molecule is CCCc1nn(-c2ccc(C)cc2)c(O)c1C(C)C. The number of nitrogens with zero attached hydrogens (tertiary/aromatic N) is 2. The summed E-state index contributed by atoms with van der Waals surface area (Å²) in [5.74, 6) is 0.558. The third-order valence-electron chi connectivity index (χ3n) is 3.32. The van der Waals surface area contributed by atoms with Crippen LogP contribution >= 0.6 is 0 Å². The second kappa shape index (κ2) is 5.47. The van der Waals surface area contributed by atoms with Crippen LogP contribution in [0.1, 0.15) is 49.9 Å². The maximum atomic E-state index is 10.4. The molecular weight excluding hydrogens is 236 g/mol. The zero-order valence-corrected chi connectivity index (χ0v) is 12.1. The second-order valence-electron chi connectivity index (χ2n) is 5.34. The van der Waals surface area contributed by atoms with E-state index in [-0.39, 0.29) is 11.8 Å². The molecule has 0 bridgehead atoms. The molecule has 0 unspecified atom stereocenters. The lowest BCUT2D eigenvalue weighted by atomic mass is 10.0. The van der Waals surface area contributed by atoms with Crippen molar-refractivity contribution in [3.63, 3.8) is 0 Å². The zero-order chi connectivity index (χ0) is 14.0. The van der Waals surface area contributed by atoms with E-state index in [9.17, 15) is 5.11 Å². The fraction of sp³-hybridized carbons (Fsp3) is 0.438. The highest BCUT2D eigenvalue weighted by molar-refractivity contribution is 5.43. The monoisotopic (exact) mass is 258 g/mol. The van der Waals surface area contributed by atoms with Gasteiger partial charge in [0.25, 0.3) is 0 Å². The first-order chi connectivity index (χ1) is 9.04. The molecule has 2 rings (SSSR count). The summed E-state index contributed by atoms with van der Waals surface area (Å²) in [5.41, 5.74) is 4.10. The molecule has 0 saturated carbocycles. The standard InChI is InChI=1S/C16H22N2O/c1-5-6-14-15(11(2)3)16(19)18(17-14)13-9-7-12(4)8-10-13/h7-11,19H,5-6H2,1-4H3. The average molecular weight is 258 g/mol. The molecule has 0 saturated heterocycles. The van der Waals surface area contributed by atoms with Crippen molar-refractivity contribution in [1.82, 2.24) is 9.78 Å². The number of hydrogen-bond acceptors (Lipinski definition) is 2. The Morgan fingerprint density at radius 2 is 1.84 bits per heavy atom. The summed E-state index contributed by atoms with van der Waals surface area (Å²) in [5, 5.41) is 15.0. The fourth-order valence-electron chi connectivity index (χ4n) is 2.34. The maximum absolute atomic E-state index is 10.4. The van der Waals surface area contributed by atoms with Gasteiger partial charge < -0.3 is 5.11 Å². The number of rotatable bonds is 4. The first kappa shape index (κ1) is 13.7. The minimum atomic E-state index is 0.278. The highest BCUT2D eigenvalue weighted by atomic mass is 16.3. The quantitative estimate of drug-likeness (QED) is 0.901. The van der Waals surface area contributed by atoms with E-state index in [2.05, 4.69) is 32.8 Å². The molecular formula is C16H22N2O. The normalized spacial score (nSPS) is 11.2. The molecule has 1 aromatic heterocycles. The molecule has 0 aliphatic carbocycles. The summed E-state index contributed by atoms with van der Waals surface area (Å²) in [7, 11) is 0. The lowest BCUT2D eigenvalue weighted by molar-refractivity contribution is 0.425. The predicted octanol–water partition coefficient (Wildman–Crippen LogP) is 3.96. The highest BCUT2D eigenvalue weighted by Crippen LogP contribution is 2.31. The third kappa shape index (κ3) is 2.65. The van der Waals surface area contributed by atoms with Crippen LogP contribution in [0.2, 0.25) is 0 Å². The molecule has 0 aliphatic heterocycles. The topological polar surface area (TPSA) is 38.0 Å². The van der Waals surface area contributed by atoms with Crippen LogP contribution in [0.25, 0.3) is 5.69 Å². The molecule has 1 aromatic carbocycles. The van der Waals surface area contributed by atoms with Gasteiger partial charge in [-0.1, -0.05) is 44.9 Å². The van der Waals surface area contributed by atoms with Gasteiger partial charge in [-0.15, -0.1) is 0 Å². The van der Waals surface area contributed by atoms with Gasteiger partial charge >= 0.3 is 0 Å². The van der Waals surface area contributed by atoms with Gasteiger partial charge in [-0.3, -0.25) is 0 Å². The minimum absolute atomic E-state index is 0.278. The van der Waals surface area contributed by atoms with Crippen LogP contribution in [0.5, 0.6) is 5.88 Å². The smallest absolute Gasteiger partial charge is 0.217 e. The number of hydrogen-bond donors (Lipinski definition) is 1. The van der Waals surface area contributed by atoms with Gasteiger partial charge in [0.1, 0.15) is 0 Å². The Labute approximate surface area is 114 Å². The Morgan fingerprint density at radius 3 is 2.37 bits per heavy atom. The van der Waals surface area contributed by atoms with Gasteiger partial charge in [0.2, 0.25) is 5.88 Å². The van der Waals surface area contributed by atoms with Crippen molar-refractivity contribution in [3.05, 3.63) is 41.1 Å². The van der Waals surface area contributed by atoms with Gasteiger partial charge in [0, 0.05) is 5.56 Å². The number of aromatic nitrogens is 2. The van der Waals surface area contributed by atoms with Gasteiger partial charge in [0.15, 0.2) is 0 Å².